The molecule has 0 spiro atoms. The number of hydrogen-bond acceptors (Lipinski definition) is 7. The van der Waals surface area contributed by atoms with E-state index < -0.39 is 0 Å². The number of carbonyl (C=O) groups excluding carboxylic acids is 1. The van der Waals surface area contributed by atoms with Gasteiger partial charge in [-0.05, 0) is 45.2 Å². The number of aryl methyl sites for hydroxylation is 2. The normalized spacial score (nSPS) is 16.9. The standard InChI is InChI=1S/C20H22N4O4/c1-13-6-8-15(9-7-13)26-11-17-22-19(23-28-17)16-5-3-4-10-24(16)20(25)18-14(2)21-12-27-18/h6-9,12,16H,3-5,10-11H2,1-2H3. The number of amides is 1. The van der Waals surface area contributed by atoms with E-state index in [9.17, 15) is 4.79 Å². The summed E-state index contributed by atoms with van der Waals surface area (Å²) in [6, 6.07) is 7.50. The molecule has 8 heteroatoms. The SMILES string of the molecule is Cc1ccc(OCc2nc(C3CCCCN3C(=O)c3ocnc3C)no2)cc1. The Balaban J connectivity index is 1.47. The summed E-state index contributed by atoms with van der Waals surface area (Å²) in [6.45, 7) is 4.57. The van der Waals surface area contributed by atoms with Crippen molar-refractivity contribution in [1.29, 1.82) is 0 Å². The highest BCUT2D eigenvalue weighted by Gasteiger charge is 2.34. The summed E-state index contributed by atoms with van der Waals surface area (Å²) in [6.07, 6.45) is 3.98. The molecule has 0 radical (unpaired) electrons. The lowest BCUT2D eigenvalue weighted by molar-refractivity contribution is 0.0563. The van der Waals surface area contributed by atoms with E-state index in [1.165, 1.54) is 6.39 Å². The van der Waals surface area contributed by atoms with E-state index in [2.05, 4.69) is 15.1 Å². The van der Waals surface area contributed by atoms with Crippen molar-refractivity contribution in [2.75, 3.05) is 6.54 Å². The summed E-state index contributed by atoms with van der Waals surface area (Å²) in [5.74, 6) is 1.68. The number of likely N-dealkylation sites (tertiary alicyclic amines) is 1. The van der Waals surface area contributed by atoms with Gasteiger partial charge < -0.3 is 18.6 Å². The highest BCUT2D eigenvalue weighted by atomic mass is 16.5. The molecular formula is C20H22N4O4. The zero-order valence-corrected chi connectivity index (χ0v) is 15.9. The summed E-state index contributed by atoms with van der Waals surface area (Å²) >= 11 is 0. The van der Waals surface area contributed by atoms with Crippen molar-refractivity contribution in [1.82, 2.24) is 20.0 Å². The second-order valence-electron chi connectivity index (χ2n) is 6.93. The molecule has 1 fully saturated rings. The molecule has 28 heavy (non-hydrogen) atoms. The van der Waals surface area contributed by atoms with Gasteiger partial charge >= 0.3 is 0 Å². The summed E-state index contributed by atoms with van der Waals surface area (Å²) in [5, 5.41) is 4.10. The molecule has 2 aromatic heterocycles. The number of aromatic nitrogens is 3. The predicted octanol–water partition coefficient (Wildman–Crippen LogP) is 3.62. The molecule has 1 aliphatic heterocycles. The van der Waals surface area contributed by atoms with Crippen LogP contribution in [0.4, 0.5) is 0 Å². The number of hydrogen-bond donors (Lipinski definition) is 0. The van der Waals surface area contributed by atoms with Gasteiger partial charge in [-0.2, -0.15) is 4.98 Å². The lowest BCUT2D eigenvalue weighted by Gasteiger charge is -2.33. The highest BCUT2D eigenvalue weighted by molar-refractivity contribution is 5.92. The van der Waals surface area contributed by atoms with Gasteiger partial charge in [0, 0.05) is 6.54 Å². The van der Waals surface area contributed by atoms with E-state index in [1.807, 2.05) is 31.2 Å². The Morgan fingerprint density at radius 3 is 2.82 bits per heavy atom. The Labute approximate surface area is 162 Å². The molecule has 1 aromatic carbocycles. The van der Waals surface area contributed by atoms with Crippen LogP contribution in [0.5, 0.6) is 5.75 Å². The average Bonchev–Trinajstić information content (AvgIpc) is 3.36. The number of oxazole rings is 1. The second-order valence-corrected chi connectivity index (χ2v) is 6.93. The lowest BCUT2D eigenvalue weighted by atomic mass is 10.0. The molecule has 146 valence electrons. The number of rotatable bonds is 5. The number of nitrogens with zero attached hydrogens (tertiary/aromatic N) is 4. The molecule has 3 heterocycles. The topological polar surface area (TPSA) is 94.5 Å². The first kappa shape index (κ1) is 18.2. The third-order valence-electron chi connectivity index (χ3n) is 4.87. The van der Waals surface area contributed by atoms with Crippen LogP contribution in [0.3, 0.4) is 0 Å². The van der Waals surface area contributed by atoms with Gasteiger partial charge in [-0.3, -0.25) is 4.79 Å². The van der Waals surface area contributed by atoms with Crippen LogP contribution in [0.2, 0.25) is 0 Å². The average molecular weight is 382 g/mol. The quantitative estimate of drug-likeness (QED) is 0.665. The van der Waals surface area contributed by atoms with Crippen molar-refractivity contribution >= 4 is 5.91 Å². The Hall–Kier alpha value is -3.16. The third-order valence-corrected chi connectivity index (χ3v) is 4.87. The molecule has 1 amide bonds. The number of ether oxygens (including phenoxy) is 1. The Kier molecular flexibility index (Phi) is 5.10. The van der Waals surface area contributed by atoms with Gasteiger partial charge in [-0.25, -0.2) is 4.98 Å². The van der Waals surface area contributed by atoms with Gasteiger partial charge in [0.25, 0.3) is 11.8 Å². The first-order valence-electron chi connectivity index (χ1n) is 9.35. The molecule has 1 atom stereocenters. The van der Waals surface area contributed by atoms with Crippen LogP contribution in [0.25, 0.3) is 0 Å². The molecule has 8 nitrogen and oxygen atoms in total. The number of piperidine rings is 1. The Bertz CT molecular complexity index is 947. The monoisotopic (exact) mass is 382 g/mol. The summed E-state index contributed by atoms with van der Waals surface area (Å²) in [5.41, 5.74) is 1.74. The maximum atomic E-state index is 12.9. The van der Waals surface area contributed by atoms with Gasteiger partial charge in [0.1, 0.15) is 5.75 Å². The van der Waals surface area contributed by atoms with Gasteiger partial charge in [-0.1, -0.05) is 22.9 Å². The minimum Gasteiger partial charge on any atom is -0.484 e. The van der Waals surface area contributed by atoms with Crippen molar-refractivity contribution in [3.8, 4) is 5.75 Å². The van der Waals surface area contributed by atoms with Crippen LogP contribution in [0, 0.1) is 13.8 Å². The van der Waals surface area contributed by atoms with Gasteiger partial charge in [0.15, 0.2) is 18.8 Å². The van der Waals surface area contributed by atoms with Crippen LogP contribution in [0.15, 0.2) is 39.6 Å². The fourth-order valence-corrected chi connectivity index (χ4v) is 3.32. The summed E-state index contributed by atoms with van der Waals surface area (Å²) in [4.78, 5) is 23.1. The lowest BCUT2D eigenvalue weighted by Crippen LogP contribution is -2.39. The van der Waals surface area contributed by atoms with E-state index >= 15 is 0 Å². The zero-order chi connectivity index (χ0) is 19.5. The first-order valence-corrected chi connectivity index (χ1v) is 9.35. The molecule has 1 saturated heterocycles. The molecule has 0 saturated carbocycles. The van der Waals surface area contributed by atoms with E-state index in [-0.39, 0.29) is 24.3 Å². The van der Waals surface area contributed by atoms with Gasteiger partial charge in [-0.15, -0.1) is 0 Å². The summed E-state index contributed by atoms with van der Waals surface area (Å²) in [7, 11) is 0. The smallest absolute Gasteiger partial charge is 0.292 e. The fourth-order valence-electron chi connectivity index (χ4n) is 3.32. The minimum atomic E-state index is -0.248. The first-order chi connectivity index (χ1) is 13.6. The van der Waals surface area contributed by atoms with Crippen molar-refractivity contribution < 1.29 is 18.5 Å². The van der Waals surface area contributed by atoms with Crippen LogP contribution in [0.1, 0.15) is 58.8 Å². The molecule has 0 N–H and O–H groups in total. The van der Waals surface area contributed by atoms with Gasteiger partial charge in [0.2, 0.25) is 5.76 Å². The van der Waals surface area contributed by atoms with Crippen LogP contribution in [-0.4, -0.2) is 32.5 Å². The van der Waals surface area contributed by atoms with Crippen LogP contribution in [-0.2, 0) is 6.61 Å². The summed E-state index contributed by atoms with van der Waals surface area (Å²) < 4.78 is 16.3. The maximum absolute atomic E-state index is 12.9. The van der Waals surface area contributed by atoms with E-state index in [0.717, 1.165) is 30.6 Å². The molecule has 1 unspecified atom stereocenters. The van der Waals surface area contributed by atoms with Gasteiger partial charge in [0.05, 0.1) is 11.7 Å². The Morgan fingerprint density at radius 2 is 2.07 bits per heavy atom. The molecule has 1 aliphatic rings. The molecule has 0 bridgehead atoms. The van der Waals surface area contributed by atoms with E-state index in [1.54, 1.807) is 11.8 Å². The molecular weight excluding hydrogens is 360 g/mol. The van der Waals surface area contributed by atoms with Crippen LogP contribution < -0.4 is 4.74 Å². The van der Waals surface area contributed by atoms with E-state index in [4.69, 9.17) is 13.7 Å². The predicted molar refractivity (Wildman–Crippen MR) is 98.7 cm³/mol. The second kappa shape index (κ2) is 7.84. The molecule has 0 aliphatic carbocycles. The number of carbonyl (C=O) groups is 1. The van der Waals surface area contributed by atoms with E-state index in [0.29, 0.717) is 24.0 Å². The Morgan fingerprint density at radius 1 is 1.25 bits per heavy atom. The molecule has 3 aromatic rings. The van der Waals surface area contributed by atoms with Crippen molar-refractivity contribution in [2.24, 2.45) is 0 Å². The largest absolute Gasteiger partial charge is 0.484 e. The minimum absolute atomic E-state index is 0.179. The molecule has 4 rings (SSSR count). The maximum Gasteiger partial charge on any atom is 0.292 e. The highest BCUT2D eigenvalue weighted by Crippen LogP contribution is 2.31. The zero-order valence-electron chi connectivity index (χ0n) is 15.9. The third kappa shape index (κ3) is 3.76. The fraction of sp³-hybridized carbons (Fsp3) is 0.400. The van der Waals surface area contributed by atoms with Crippen molar-refractivity contribution in [3.63, 3.8) is 0 Å². The number of benzene rings is 1. The van der Waals surface area contributed by atoms with Crippen molar-refractivity contribution in [2.45, 2.75) is 45.8 Å². The van der Waals surface area contributed by atoms with Crippen LogP contribution >= 0.6 is 0 Å². The van der Waals surface area contributed by atoms with Crippen molar-refractivity contribution in [3.05, 3.63) is 59.4 Å².